The monoisotopic (exact) mass is 434 g/mol. The van der Waals surface area contributed by atoms with Gasteiger partial charge in [0, 0.05) is 23.0 Å². The SMILES string of the molecule is N#Cc1cc(NC(=N)c2ccccc2)cc(NC(=O)/C=C/c2ccccc2C(F)(F)F)c1. The van der Waals surface area contributed by atoms with E-state index in [1.807, 2.05) is 12.1 Å². The maximum atomic E-state index is 13.1. The molecule has 0 unspecified atom stereocenters. The third kappa shape index (κ3) is 5.83. The summed E-state index contributed by atoms with van der Waals surface area (Å²) < 4.78 is 39.3. The van der Waals surface area contributed by atoms with E-state index >= 15 is 0 Å². The van der Waals surface area contributed by atoms with Crippen molar-refractivity contribution in [1.82, 2.24) is 0 Å². The zero-order chi connectivity index (χ0) is 23.1. The van der Waals surface area contributed by atoms with Crippen LogP contribution < -0.4 is 10.6 Å². The molecule has 0 aromatic heterocycles. The molecule has 32 heavy (non-hydrogen) atoms. The van der Waals surface area contributed by atoms with E-state index in [9.17, 15) is 23.2 Å². The minimum atomic E-state index is -4.54. The van der Waals surface area contributed by atoms with Crippen LogP contribution in [0.3, 0.4) is 0 Å². The zero-order valence-electron chi connectivity index (χ0n) is 16.6. The third-order valence-electron chi connectivity index (χ3n) is 4.34. The van der Waals surface area contributed by atoms with E-state index in [0.717, 1.165) is 18.2 Å². The highest BCUT2D eigenvalue weighted by atomic mass is 19.4. The van der Waals surface area contributed by atoms with Crippen LogP contribution in [0, 0.1) is 16.7 Å². The van der Waals surface area contributed by atoms with Gasteiger partial charge in [-0.25, -0.2) is 0 Å². The second-order valence-corrected chi connectivity index (χ2v) is 6.68. The molecule has 5 nitrogen and oxygen atoms in total. The highest BCUT2D eigenvalue weighted by molar-refractivity contribution is 6.07. The first-order valence-electron chi connectivity index (χ1n) is 9.38. The van der Waals surface area contributed by atoms with Crippen LogP contribution in [0.5, 0.6) is 0 Å². The number of amidine groups is 1. The average molecular weight is 434 g/mol. The Kier molecular flexibility index (Phi) is 6.71. The smallest absolute Gasteiger partial charge is 0.340 e. The van der Waals surface area contributed by atoms with E-state index in [4.69, 9.17) is 5.41 Å². The first kappa shape index (κ1) is 22.3. The van der Waals surface area contributed by atoms with Crippen LogP contribution in [-0.4, -0.2) is 11.7 Å². The molecule has 0 saturated carbocycles. The number of hydrogen-bond donors (Lipinski definition) is 3. The Bertz CT molecular complexity index is 1210. The Morgan fingerprint density at radius 1 is 0.938 bits per heavy atom. The summed E-state index contributed by atoms with van der Waals surface area (Å²) in [6.07, 6.45) is -2.47. The fraction of sp³-hybridized carbons (Fsp3) is 0.0417. The number of anilines is 2. The van der Waals surface area contributed by atoms with Crippen molar-refractivity contribution in [3.63, 3.8) is 0 Å². The molecule has 1 amide bonds. The van der Waals surface area contributed by atoms with Crippen LogP contribution in [-0.2, 0) is 11.0 Å². The van der Waals surface area contributed by atoms with Crippen LogP contribution >= 0.6 is 0 Å². The van der Waals surface area contributed by atoms with Gasteiger partial charge >= 0.3 is 6.18 Å². The number of nitrogens with one attached hydrogen (secondary N) is 3. The van der Waals surface area contributed by atoms with Gasteiger partial charge in [0.25, 0.3) is 0 Å². The van der Waals surface area contributed by atoms with Gasteiger partial charge in [-0.15, -0.1) is 0 Å². The van der Waals surface area contributed by atoms with Crippen molar-refractivity contribution in [2.75, 3.05) is 10.6 Å². The molecule has 3 aromatic carbocycles. The number of nitriles is 1. The number of rotatable bonds is 5. The van der Waals surface area contributed by atoms with E-state index in [0.29, 0.717) is 11.3 Å². The molecule has 0 spiro atoms. The van der Waals surface area contributed by atoms with E-state index < -0.39 is 17.6 Å². The van der Waals surface area contributed by atoms with Gasteiger partial charge in [-0.2, -0.15) is 18.4 Å². The summed E-state index contributed by atoms with van der Waals surface area (Å²) in [4.78, 5) is 12.3. The normalized spacial score (nSPS) is 11.1. The molecular formula is C24H17F3N4O. The highest BCUT2D eigenvalue weighted by Crippen LogP contribution is 2.32. The first-order chi connectivity index (χ1) is 15.3. The Balaban J connectivity index is 1.77. The summed E-state index contributed by atoms with van der Waals surface area (Å²) >= 11 is 0. The number of carbonyl (C=O) groups excluding carboxylic acids is 1. The molecule has 0 radical (unpaired) electrons. The van der Waals surface area contributed by atoms with Gasteiger partial charge in [0.15, 0.2) is 0 Å². The Morgan fingerprint density at radius 2 is 1.56 bits per heavy atom. The van der Waals surface area contributed by atoms with Crippen molar-refractivity contribution in [3.05, 3.63) is 101 Å². The van der Waals surface area contributed by atoms with Crippen molar-refractivity contribution >= 4 is 29.2 Å². The third-order valence-corrected chi connectivity index (χ3v) is 4.34. The fourth-order valence-corrected chi connectivity index (χ4v) is 2.91. The van der Waals surface area contributed by atoms with Crippen molar-refractivity contribution in [1.29, 1.82) is 10.7 Å². The molecule has 0 heterocycles. The highest BCUT2D eigenvalue weighted by Gasteiger charge is 2.32. The lowest BCUT2D eigenvalue weighted by Gasteiger charge is -2.11. The molecule has 0 fully saturated rings. The second kappa shape index (κ2) is 9.62. The number of amides is 1. The van der Waals surface area contributed by atoms with Crippen LogP contribution in [0.25, 0.3) is 6.08 Å². The predicted molar refractivity (Wildman–Crippen MR) is 117 cm³/mol. The minimum absolute atomic E-state index is 0.0987. The molecule has 3 rings (SSSR count). The molecule has 8 heteroatoms. The van der Waals surface area contributed by atoms with E-state index in [1.165, 1.54) is 36.4 Å². The fourth-order valence-electron chi connectivity index (χ4n) is 2.91. The molecule has 0 atom stereocenters. The Hall–Kier alpha value is -4.38. The molecule has 3 aromatic rings. The molecule has 0 saturated heterocycles. The summed E-state index contributed by atoms with van der Waals surface area (Å²) in [5.41, 5.74) is 0.538. The van der Waals surface area contributed by atoms with Crippen LogP contribution in [0.15, 0.2) is 78.9 Å². The van der Waals surface area contributed by atoms with E-state index in [1.54, 1.807) is 24.3 Å². The second-order valence-electron chi connectivity index (χ2n) is 6.68. The molecule has 0 aliphatic carbocycles. The topological polar surface area (TPSA) is 88.8 Å². The predicted octanol–water partition coefficient (Wildman–Crippen LogP) is 5.67. The van der Waals surface area contributed by atoms with Gasteiger partial charge < -0.3 is 10.6 Å². The lowest BCUT2D eigenvalue weighted by atomic mass is 10.1. The summed E-state index contributed by atoms with van der Waals surface area (Å²) in [6, 6.07) is 20.2. The van der Waals surface area contributed by atoms with Gasteiger partial charge in [-0.3, -0.25) is 10.2 Å². The van der Waals surface area contributed by atoms with Crippen LogP contribution in [0.1, 0.15) is 22.3 Å². The molecular weight excluding hydrogens is 417 g/mol. The molecule has 0 aliphatic rings. The number of benzene rings is 3. The van der Waals surface area contributed by atoms with E-state index in [2.05, 4.69) is 10.6 Å². The Labute approximate surface area is 182 Å². The molecule has 3 N–H and O–H groups in total. The van der Waals surface area contributed by atoms with Crippen molar-refractivity contribution in [3.8, 4) is 6.07 Å². The molecule has 0 bridgehead atoms. The van der Waals surface area contributed by atoms with Gasteiger partial charge in [0.2, 0.25) is 5.91 Å². The number of hydrogen-bond acceptors (Lipinski definition) is 3. The van der Waals surface area contributed by atoms with Crippen LogP contribution in [0.2, 0.25) is 0 Å². The van der Waals surface area contributed by atoms with Crippen molar-refractivity contribution < 1.29 is 18.0 Å². The summed E-state index contributed by atoms with van der Waals surface area (Å²) in [7, 11) is 0. The molecule has 160 valence electrons. The zero-order valence-corrected chi connectivity index (χ0v) is 16.6. The Morgan fingerprint density at radius 3 is 2.22 bits per heavy atom. The maximum absolute atomic E-state index is 13.1. The standard InChI is InChI=1S/C24H17F3N4O/c25-24(26,27)21-9-5-4-6-17(21)10-11-22(32)30-19-12-16(15-28)13-20(14-19)31-23(29)18-7-2-1-3-8-18/h1-14H,(H2,29,31)(H,30,32)/b11-10+. The van der Waals surface area contributed by atoms with Gasteiger partial charge in [-0.05, 0) is 35.9 Å². The van der Waals surface area contributed by atoms with Gasteiger partial charge in [0.1, 0.15) is 5.84 Å². The average Bonchev–Trinajstić information content (AvgIpc) is 2.77. The lowest BCUT2D eigenvalue weighted by molar-refractivity contribution is -0.137. The number of nitrogens with zero attached hydrogens (tertiary/aromatic N) is 1. The van der Waals surface area contributed by atoms with Gasteiger partial charge in [-0.1, -0.05) is 48.5 Å². The summed E-state index contributed by atoms with van der Waals surface area (Å²) in [5, 5.41) is 22.8. The quantitative estimate of drug-likeness (QED) is 0.275. The van der Waals surface area contributed by atoms with Crippen LogP contribution in [0.4, 0.5) is 24.5 Å². The van der Waals surface area contributed by atoms with E-state index in [-0.39, 0.29) is 22.6 Å². The largest absolute Gasteiger partial charge is 0.416 e. The van der Waals surface area contributed by atoms with Crippen molar-refractivity contribution in [2.24, 2.45) is 0 Å². The lowest BCUT2D eigenvalue weighted by Crippen LogP contribution is -2.13. The number of alkyl halides is 3. The summed E-state index contributed by atoms with van der Waals surface area (Å²) in [6.45, 7) is 0. The van der Waals surface area contributed by atoms with Gasteiger partial charge in [0.05, 0.1) is 17.2 Å². The first-order valence-corrected chi connectivity index (χ1v) is 9.38. The minimum Gasteiger partial charge on any atom is -0.340 e. The number of halogens is 3. The maximum Gasteiger partial charge on any atom is 0.416 e. The summed E-state index contributed by atoms with van der Waals surface area (Å²) in [5.74, 6) is -0.567. The number of carbonyl (C=O) groups is 1. The molecule has 0 aliphatic heterocycles. The van der Waals surface area contributed by atoms with Crippen molar-refractivity contribution in [2.45, 2.75) is 6.18 Å².